The number of carbonyl (C=O) groups excluding carboxylic acids is 1. The van der Waals surface area contributed by atoms with Crippen LogP contribution in [0.15, 0.2) is 18.4 Å². The van der Waals surface area contributed by atoms with E-state index in [-0.39, 0.29) is 29.0 Å². The fraction of sp³-hybridized carbons (Fsp3) is 0.750. The minimum Gasteiger partial charge on any atom is -0.392 e. The lowest BCUT2D eigenvalue weighted by molar-refractivity contribution is -0.134. The van der Waals surface area contributed by atoms with E-state index in [1.807, 2.05) is 13.8 Å². The predicted octanol–water partition coefficient (Wildman–Crippen LogP) is 2.82. The standard InChI is InChI=1S/C16H24O2/c1-6-7-9(2)14(17)12-13-11(16(13,4)5)8-10(3)15(12)18/h7,9-14,17H,1,8H2,2-5H3/t9-,10-,11-,12-,13+,14-/m1/s1. The van der Waals surface area contributed by atoms with Crippen LogP contribution < -0.4 is 0 Å². The molecule has 2 aliphatic carbocycles. The molecule has 18 heavy (non-hydrogen) atoms. The molecule has 0 aromatic carbocycles. The van der Waals surface area contributed by atoms with Gasteiger partial charge in [-0.25, -0.2) is 0 Å². The fourth-order valence-corrected chi connectivity index (χ4v) is 3.94. The zero-order valence-electron chi connectivity index (χ0n) is 11.8. The van der Waals surface area contributed by atoms with Crippen LogP contribution in [0.2, 0.25) is 0 Å². The number of rotatable bonds is 3. The maximum Gasteiger partial charge on any atom is 0.141 e. The molecule has 2 aliphatic rings. The first kappa shape index (κ1) is 13.6. The number of hydrogen-bond acceptors (Lipinski definition) is 2. The zero-order chi connectivity index (χ0) is 13.7. The maximum atomic E-state index is 12.4. The Labute approximate surface area is 110 Å². The largest absolute Gasteiger partial charge is 0.392 e. The summed E-state index contributed by atoms with van der Waals surface area (Å²) in [5.74, 6) is 1.04. The highest BCUT2D eigenvalue weighted by atomic mass is 16.3. The van der Waals surface area contributed by atoms with Gasteiger partial charge in [-0.3, -0.25) is 4.79 Å². The van der Waals surface area contributed by atoms with Crippen molar-refractivity contribution in [3.05, 3.63) is 18.4 Å². The Balaban J connectivity index is 2.24. The van der Waals surface area contributed by atoms with Crippen molar-refractivity contribution in [2.45, 2.75) is 40.2 Å². The summed E-state index contributed by atoms with van der Waals surface area (Å²) >= 11 is 0. The second kappa shape index (κ2) is 4.36. The van der Waals surface area contributed by atoms with Gasteiger partial charge in [0.15, 0.2) is 0 Å². The Bertz CT molecular complexity index is 403. The molecule has 0 amide bonds. The van der Waals surface area contributed by atoms with Crippen LogP contribution in [0.25, 0.3) is 0 Å². The number of aliphatic hydroxyl groups is 1. The highest BCUT2D eigenvalue weighted by Gasteiger charge is 2.66. The molecule has 2 heteroatoms. The van der Waals surface area contributed by atoms with Crippen LogP contribution in [-0.4, -0.2) is 17.0 Å². The molecule has 2 fully saturated rings. The second-order valence-electron chi connectivity index (χ2n) is 6.74. The third-order valence-electron chi connectivity index (χ3n) is 5.24. The molecule has 1 N–H and O–H groups in total. The maximum absolute atomic E-state index is 12.4. The lowest BCUT2D eigenvalue weighted by Gasteiger charge is -2.31. The van der Waals surface area contributed by atoms with E-state index in [2.05, 4.69) is 26.2 Å². The molecule has 0 bridgehead atoms. The predicted molar refractivity (Wildman–Crippen MR) is 71.9 cm³/mol. The van der Waals surface area contributed by atoms with Crippen molar-refractivity contribution in [3.63, 3.8) is 0 Å². The van der Waals surface area contributed by atoms with Gasteiger partial charge in [-0.2, -0.15) is 0 Å². The van der Waals surface area contributed by atoms with Crippen LogP contribution in [-0.2, 0) is 4.79 Å². The summed E-state index contributed by atoms with van der Waals surface area (Å²) in [6.07, 6.45) is 2.16. The number of aliphatic hydroxyl groups excluding tert-OH is 1. The number of fused-ring (bicyclic) bond motifs is 1. The van der Waals surface area contributed by atoms with Gasteiger partial charge in [0, 0.05) is 17.8 Å². The summed E-state index contributed by atoms with van der Waals surface area (Å²) in [7, 11) is 0. The third kappa shape index (κ3) is 1.88. The average Bonchev–Trinajstić information content (AvgIpc) is 2.82. The van der Waals surface area contributed by atoms with E-state index in [4.69, 9.17) is 0 Å². The number of carbonyl (C=O) groups is 1. The molecule has 100 valence electrons. The van der Waals surface area contributed by atoms with Crippen molar-refractivity contribution >= 4 is 5.78 Å². The summed E-state index contributed by atoms with van der Waals surface area (Å²) < 4.78 is 0. The van der Waals surface area contributed by atoms with Gasteiger partial charge in [0.05, 0.1) is 6.10 Å². The molecule has 2 rings (SSSR count). The van der Waals surface area contributed by atoms with Gasteiger partial charge in [-0.05, 0) is 29.7 Å². The summed E-state index contributed by atoms with van der Waals surface area (Å²) in [5.41, 5.74) is 2.93. The normalized spacial score (nSPS) is 40.4. The Morgan fingerprint density at radius 1 is 1.56 bits per heavy atom. The first-order chi connectivity index (χ1) is 8.32. The Morgan fingerprint density at radius 2 is 2.17 bits per heavy atom. The van der Waals surface area contributed by atoms with Crippen molar-refractivity contribution in [3.8, 4) is 0 Å². The number of ketones is 1. The molecule has 0 spiro atoms. The van der Waals surface area contributed by atoms with Gasteiger partial charge in [-0.15, -0.1) is 5.73 Å². The summed E-state index contributed by atoms with van der Waals surface area (Å²) in [5, 5.41) is 10.5. The minimum absolute atomic E-state index is 0.0567. The van der Waals surface area contributed by atoms with E-state index in [0.717, 1.165) is 6.42 Å². The number of hydrogen-bond donors (Lipinski definition) is 1. The molecule has 6 atom stereocenters. The van der Waals surface area contributed by atoms with Gasteiger partial charge in [0.1, 0.15) is 5.78 Å². The molecule has 0 unspecified atom stereocenters. The summed E-state index contributed by atoms with van der Waals surface area (Å²) in [6, 6.07) is 0. The third-order valence-corrected chi connectivity index (χ3v) is 5.24. The van der Waals surface area contributed by atoms with Crippen LogP contribution >= 0.6 is 0 Å². The van der Waals surface area contributed by atoms with Crippen molar-refractivity contribution in [2.75, 3.05) is 0 Å². The topological polar surface area (TPSA) is 37.3 Å². The van der Waals surface area contributed by atoms with Crippen LogP contribution in [0.4, 0.5) is 0 Å². The summed E-state index contributed by atoms with van der Waals surface area (Å²) in [4.78, 5) is 12.4. The van der Waals surface area contributed by atoms with Gasteiger partial charge >= 0.3 is 0 Å². The molecule has 2 nitrogen and oxygen atoms in total. The van der Waals surface area contributed by atoms with Gasteiger partial charge in [0.25, 0.3) is 0 Å². The van der Waals surface area contributed by atoms with E-state index in [1.54, 1.807) is 6.08 Å². The fourth-order valence-electron chi connectivity index (χ4n) is 3.94. The molecule has 0 aliphatic heterocycles. The molecule has 0 saturated heterocycles. The minimum atomic E-state index is -0.594. The Hall–Kier alpha value is -0.850. The smallest absolute Gasteiger partial charge is 0.141 e. The Kier molecular flexibility index (Phi) is 3.29. The average molecular weight is 248 g/mol. The van der Waals surface area contributed by atoms with Gasteiger partial charge < -0.3 is 5.11 Å². The first-order valence-corrected chi connectivity index (χ1v) is 6.90. The highest BCUT2D eigenvalue weighted by Crippen LogP contribution is 2.67. The second-order valence-corrected chi connectivity index (χ2v) is 6.74. The van der Waals surface area contributed by atoms with Crippen LogP contribution in [0.1, 0.15) is 34.1 Å². The van der Waals surface area contributed by atoms with E-state index in [9.17, 15) is 9.90 Å². The zero-order valence-corrected chi connectivity index (χ0v) is 11.8. The van der Waals surface area contributed by atoms with Crippen molar-refractivity contribution in [1.29, 1.82) is 0 Å². The number of Topliss-reactive ketones (excluding diaryl/α,β-unsaturated/α-hetero) is 1. The lowest BCUT2D eigenvalue weighted by atomic mass is 9.75. The Morgan fingerprint density at radius 3 is 2.72 bits per heavy atom. The van der Waals surface area contributed by atoms with Crippen LogP contribution in [0.5, 0.6) is 0 Å². The van der Waals surface area contributed by atoms with E-state index in [1.165, 1.54) is 0 Å². The molecular weight excluding hydrogens is 224 g/mol. The van der Waals surface area contributed by atoms with Crippen LogP contribution in [0.3, 0.4) is 0 Å². The SMILES string of the molecule is C=C=C[C@@H](C)[C@@H](O)[C@@H]1C(=O)[C@H](C)C[C@@H]2[C@@H]1C2(C)C. The molecular formula is C16H24O2. The van der Waals surface area contributed by atoms with Crippen molar-refractivity contribution in [1.82, 2.24) is 0 Å². The first-order valence-electron chi connectivity index (χ1n) is 6.90. The monoisotopic (exact) mass is 248 g/mol. The van der Waals surface area contributed by atoms with Crippen molar-refractivity contribution in [2.24, 2.45) is 35.0 Å². The molecule has 2 saturated carbocycles. The van der Waals surface area contributed by atoms with Gasteiger partial charge in [0.2, 0.25) is 0 Å². The van der Waals surface area contributed by atoms with E-state index < -0.39 is 6.10 Å². The van der Waals surface area contributed by atoms with E-state index >= 15 is 0 Å². The molecule has 0 radical (unpaired) electrons. The summed E-state index contributed by atoms with van der Waals surface area (Å²) in [6.45, 7) is 11.9. The van der Waals surface area contributed by atoms with Gasteiger partial charge in [-0.1, -0.05) is 34.3 Å². The molecule has 0 aromatic rings. The molecule has 0 aromatic heterocycles. The lowest BCUT2D eigenvalue weighted by Crippen LogP contribution is -2.40. The van der Waals surface area contributed by atoms with Crippen LogP contribution in [0, 0.1) is 35.0 Å². The highest BCUT2D eigenvalue weighted by molar-refractivity contribution is 5.86. The van der Waals surface area contributed by atoms with E-state index in [0.29, 0.717) is 11.8 Å². The molecule has 0 heterocycles. The van der Waals surface area contributed by atoms with Crippen molar-refractivity contribution < 1.29 is 9.90 Å². The quantitative estimate of drug-likeness (QED) is 0.780.